The SMILES string of the molecule is Cc1cc(CN2CCCC2CNCc2cc(Cl)cc(Cl)c2O)c(O)c(C23CC4CC(CC(C4)C2)C3)c1. The molecule has 0 aromatic heterocycles. The number of likely N-dealkylation sites (tertiary alicyclic amines) is 1. The van der Waals surface area contributed by atoms with Crippen molar-refractivity contribution in [2.45, 2.75) is 82.8 Å². The highest BCUT2D eigenvalue weighted by Crippen LogP contribution is 2.62. The fourth-order valence-electron chi connectivity index (χ4n) is 8.50. The summed E-state index contributed by atoms with van der Waals surface area (Å²) in [4.78, 5) is 2.51. The first-order valence-electron chi connectivity index (χ1n) is 13.7. The molecule has 4 bridgehead atoms. The maximum atomic E-state index is 11.6. The first-order valence-corrected chi connectivity index (χ1v) is 14.5. The molecule has 0 radical (unpaired) electrons. The second-order valence-corrected chi connectivity index (χ2v) is 13.2. The summed E-state index contributed by atoms with van der Waals surface area (Å²) in [6, 6.07) is 8.22. The average molecular weight is 530 g/mol. The number of phenolic OH excluding ortho intramolecular Hbond substituents is 2. The van der Waals surface area contributed by atoms with Crippen molar-refractivity contribution in [2.24, 2.45) is 17.8 Å². The number of rotatable bonds is 7. The predicted octanol–water partition coefficient (Wildman–Crippen LogP) is 6.94. The zero-order valence-corrected chi connectivity index (χ0v) is 22.7. The van der Waals surface area contributed by atoms with Gasteiger partial charge in [-0.3, -0.25) is 4.90 Å². The molecule has 1 unspecified atom stereocenters. The highest BCUT2D eigenvalue weighted by Gasteiger charge is 2.52. The molecule has 1 atom stereocenters. The first kappa shape index (κ1) is 24.9. The van der Waals surface area contributed by atoms with E-state index in [-0.39, 0.29) is 16.2 Å². The summed E-state index contributed by atoms with van der Waals surface area (Å²) in [5, 5.41) is 26.2. The second-order valence-electron chi connectivity index (χ2n) is 12.3. The maximum Gasteiger partial charge on any atom is 0.138 e. The van der Waals surface area contributed by atoms with Gasteiger partial charge >= 0.3 is 0 Å². The van der Waals surface area contributed by atoms with E-state index in [2.05, 4.69) is 29.3 Å². The van der Waals surface area contributed by atoms with E-state index in [1.54, 1.807) is 12.1 Å². The smallest absolute Gasteiger partial charge is 0.138 e. The van der Waals surface area contributed by atoms with Crippen molar-refractivity contribution in [2.75, 3.05) is 13.1 Å². The number of phenols is 2. The number of benzene rings is 2. The van der Waals surface area contributed by atoms with E-state index >= 15 is 0 Å². The molecule has 5 fully saturated rings. The Morgan fingerprint density at radius 3 is 2.33 bits per heavy atom. The normalized spacial score (nSPS) is 31.4. The Hall–Kier alpha value is -1.46. The Bertz CT molecular complexity index is 1110. The van der Waals surface area contributed by atoms with Gasteiger partial charge in [0, 0.05) is 47.4 Å². The van der Waals surface area contributed by atoms with Gasteiger partial charge in [-0.2, -0.15) is 0 Å². The first-order chi connectivity index (χ1) is 17.3. The lowest BCUT2D eigenvalue weighted by Gasteiger charge is -2.57. The van der Waals surface area contributed by atoms with Gasteiger partial charge in [-0.25, -0.2) is 0 Å². The minimum Gasteiger partial charge on any atom is -0.507 e. The second kappa shape index (κ2) is 9.69. The summed E-state index contributed by atoms with van der Waals surface area (Å²) in [6.07, 6.45) is 10.4. The van der Waals surface area contributed by atoms with Gasteiger partial charge < -0.3 is 15.5 Å². The summed E-state index contributed by atoms with van der Waals surface area (Å²) in [5.41, 5.74) is 4.53. The van der Waals surface area contributed by atoms with Crippen molar-refractivity contribution >= 4 is 23.2 Å². The van der Waals surface area contributed by atoms with Crippen molar-refractivity contribution in [3.8, 4) is 11.5 Å². The van der Waals surface area contributed by atoms with Crippen LogP contribution < -0.4 is 5.32 Å². The van der Waals surface area contributed by atoms with Crippen LogP contribution in [0, 0.1) is 24.7 Å². The molecule has 7 rings (SSSR count). The number of aromatic hydroxyl groups is 2. The van der Waals surface area contributed by atoms with Crippen LogP contribution in [0.3, 0.4) is 0 Å². The van der Waals surface area contributed by atoms with Gasteiger partial charge in [0.1, 0.15) is 11.5 Å². The quantitative estimate of drug-likeness (QED) is 0.364. The molecule has 1 saturated heterocycles. The van der Waals surface area contributed by atoms with E-state index in [1.807, 2.05) is 0 Å². The summed E-state index contributed by atoms with van der Waals surface area (Å²) in [7, 11) is 0. The molecule has 1 heterocycles. The predicted molar refractivity (Wildman–Crippen MR) is 146 cm³/mol. The topological polar surface area (TPSA) is 55.7 Å². The molecular weight excluding hydrogens is 491 g/mol. The molecule has 6 heteroatoms. The van der Waals surface area contributed by atoms with Crippen LogP contribution in [0.4, 0.5) is 0 Å². The van der Waals surface area contributed by atoms with Crippen molar-refractivity contribution < 1.29 is 10.2 Å². The summed E-state index contributed by atoms with van der Waals surface area (Å²) in [6.45, 7) is 5.35. The summed E-state index contributed by atoms with van der Waals surface area (Å²) in [5.74, 6) is 3.26. The van der Waals surface area contributed by atoms with Crippen LogP contribution in [0.5, 0.6) is 11.5 Å². The van der Waals surface area contributed by atoms with Crippen LogP contribution in [0.15, 0.2) is 24.3 Å². The van der Waals surface area contributed by atoms with Crippen molar-refractivity contribution in [1.29, 1.82) is 0 Å². The monoisotopic (exact) mass is 528 g/mol. The highest BCUT2D eigenvalue weighted by molar-refractivity contribution is 6.35. The van der Waals surface area contributed by atoms with E-state index in [0.717, 1.165) is 55.8 Å². The molecule has 4 nitrogen and oxygen atoms in total. The molecule has 194 valence electrons. The Morgan fingerprint density at radius 1 is 0.944 bits per heavy atom. The highest BCUT2D eigenvalue weighted by atomic mass is 35.5. The van der Waals surface area contributed by atoms with Crippen molar-refractivity contribution in [3.05, 3.63) is 56.6 Å². The average Bonchev–Trinajstić information content (AvgIpc) is 3.25. The minimum atomic E-state index is 0.0960. The van der Waals surface area contributed by atoms with Crippen molar-refractivity contribution in [1.82, 2.24) is 10.2 Å². The number of nitrogens with one attached hydrogen (secondary N) is 1. The van der Waals surface area contributed by atoms with E-state index in [4.69, 9.17) is 23.2 Å². The lowest BCUT2D eigenvalue weighted by Crippen LogP contribution is -2.48. The van der Waals surface area contributed by atoms with Gasteiger partial charge in [-0.15, -0.1) is 0 Å². The molecule has 0 amide bonds. The van der Waals surface area contributed by atoms with Crippen LogP contribution in [-0.4, -0.2) is 34.2 Å². The molecule has 1 aliphatic heterocycles. The molecule has 3 N–H and O–H groups in total. The van der Waals surface area contributed by atoms with Gasteiger partial charge in [0.05, 0.1) is 5.02 Å². The van der Waals surface area contributed by atoms with Crippen LogP contribution in [-0.2, 0) is 18.5 Å². The van der Waals surface area contributed by atoms with Gasteiger partial charge in [0.2, 0.25) is 0 Å². The van der Waals surface area contributed by atoms with Gasteiger partial charge in [-0.1, -0.05) is 40.9 Å². The van der Waals surface area contributed by atoms with Crippen LogP contribution in [0.2, 0.25) is 10.0 Å². The molecule has 0 spiro atoms. The number of hydrogen-bond donors (Lipinski definition) is 3. The Balaban J connectivity index is 1.16. The molecule has 4 saturated carbocycles. The Kier molecular flexibility index (Phi) is 6.69. The van der Waals surface area contributed by atoms with E-state index in [0.29, 0.717) is 28.9 Å². The Morgan fingerprint density at radius 2 is 1.64 bits per heavy atom. The zero-order valence-electron chi connectivity index (χ0n) is 21.2. The van der Waals surface area contributed by atoms with Crippen LogP contribution >= 0.6 is 23.2 Å². The standard InChI is InChI=1S/C30H38Cl2N2O2/c1-18-5-23(28(35)26(6-18)30-12-19-7-20(13-30)9-21(8-19)14-30)17-34-4-2-3-25(34)16-33-15-22-10-24(31)11-27(32)29(22)36/h5-6,10-11,19-21,25,33,35-36H,2-4,7-9,12-17H2,1H3. The Labute approximate surface area is 225 Å². The third-order valence-electron chi connectivity index (χ3n) is 9.62. The number of halogens is 2. The van der Waals surface area contributed by atoms with E-state index < -0.39 is 0 Å². The lowest BCUT2D eigenvalue weighted by atomic mass is 9.48. The molecule has 4 aliphatic carbocycles. The fraction of sp³-hybridized carbons (Fsp3) is 0.600. The fourth-order valence-corrected chi connectivity index (χ4v) is 9.04. The number of hydrogen-bond acceptors (Lipinski definition) is 4. The van der Waals surface area contributed by atoms with Gasteiger partial charge in [0.15, 0.2) is 0 Å². The van der Waals surface area contributed by atoms with Gasteiger partial charge in [-0.05, 0) is 100 Å². The minimum absolute atomic E-state index is 0.0960. The van der Waals surface area contributed by atoms with Gasteiger partial charge in [0.25, 0.3) is 0 Å². The van der Waals surface area contributed by atoms with E-state index in [1.165, 1.54) is 49.7 Å². The molecule has 2 aromatic rings. The van der Waals surface area contributed by atoms with Crippen LogP contribution in [0.25, 0.3) is 0 Å². The molecule has 5 aliphatic rings. The molecular formula is C30H38Cl2N2O2. The third kappa shape index (κ3) is 4.64. The molecule has 2 aromatic carbocycles. The summed E-state index contributed by atoms with van der Waals surface area (Å²) < 4.78 is 0. The maximum absolute atomic E-state index is 11.6. The summed E-state index contributed by atoms with van der Waals surface area (Å²) >= 11 is 12.2. The number of aryl methyl sites for hydroxylation is 1. The number of nitrogens with zero attached hydrogens (tertiary/aromatic N) is 1. The molecule has 36 heavy (non-hydrogen) atoms. The van der Waals surface area contributed by atoms with Crippen LogP contribution in [0.1, 0.15) is 73.6 Å². The largest absolute Gasteiger partial charge is 0.507 e. The lowest BCUT2D eigenvalue weighted by molar-refractivity contribution is -0.00624. The van der Waals surface area contributed by atoms with Crippen molar-refractivity contribution in [3.63, 3.8) is 0 Å². The van der Waals surface area contributed by atoms with E-state index in [9.17, 15) is 10.2 Å². The zero-order chi connectivity index (χ0) is 25.0. The third-order valence-corrected chi connectivity index (χ3v) is 10.1.